The molecule has 1 heterocycles. The van der Waals surface area contributed by atoms with E-state index in [1.807, 2.05) is 0 Å². The zero-order valence-electron chi connectivity index (χ0n) is 9.14. The molecule has 3 heteroatoms. The van der Waals surface area contributed by atoms with Gasteiger partial charge in [0.05, 0.1) is 6.04 Å². The van der Waals surface area contributed by atoms with Crippen molar-refractivity contribution in [3.63, 3.8) is 0 Å². The molecule has 0 saturated carbocycles. The van der Waals surface area contributed by atoms with E-state index in [9.17, 15) is 4.79 Å². The summed E-state index contributed by atoms with van der Waals surface area (Å²) in [6, 6.07) is 0.0744. The van der Waals surface area contributed by atoms with Crippen LogP contribution < -0.4 is 10.6 Å². The molecule has 0 aromatic heterocycles. The van der Waals surface area contributed by atoms with Crippen molar-refractivity contribution in [3.05, 3.63) is 0 Å². The van der Waals surface area contributed by atoms with Crippen LogP contribution in [-0.4, -0.2) is 25.0 Å². The molecule has 1 saturated heterocycles. The Labute approximate surface area is 86.6 Å². The van der Waals surface area contributed by atoms with Crippen molar-refractivity contribution in [2.24, 2.45) is 0 Å². The van der Waals surface area contributed by atoms with Crippen molar-refractivity contribution in [1.82, 2.24) is 10.6 Å². The summed E-state index contributed by atoms with van der Waals surface area (Å²) in [6.07, 6.45) is 7.15. The van der Waals surface area contributed by atoms with Crippen LogP contribution in [0.25, 0.3) is 0 Å². The second kappa shape index (κ2) is 6.82. The fourth-order valence-electron chi connectivity index (χ4n) is 1.79. The number of amides is 1. The smallest absolute Gasteiger partial charge is 0.237 e. The summed E-state index contributed by atoms with van der Waals surface area (Å²) in [4.78, 5) is 11.3. The fourth-order valence-corrected chi connectivity index (χ4v) is 1.79. The molecule has 2 N–H and O–H groups in total. The van der Waals surface area contributed by atoms with E-state index in [-0.39, 0.29) is 11.9 Å². The zero-order chi connectivity index (χ0) is 10.2. The van der Waals surface area contributed by atoms with Crippen LogP contribution in [-0.2, 0) is 4.79 Å². The van der Waals surface area contributed by atoms with Crippen molar-refractivity contribution < 1.29 is 4.79 Å². The van der Waals surface area contributed by atoms with Crippen LogP contribution in [0.4, 0.5) is 0 Å². The molecule has 0 spiro atoms. The highest BCUT2D eigenvalue weighted by molar-refractivity contribution is 5.82. The van der Waals surface area contributed by atoms with Gasteiger partial charge in [0.1, 0.15) is 0 Å². The van der Waals surface area contributed by atoms with Gasteiger partial charge < -0.3 is 10.6 Å². The highest BCUT2D eigenvalue weighted by Gasteiger charge is 2.20. The Morgan fingerprint density at radius 2 is 2.29 bits per heavy atom. The summed E-state index contributed by atoms with van der Waals surface area (Å²) in [5.41, 5.74) is 0. The molecule has 0 aromatic carbocycles. The molecule has 0 aliphatic carbocycles. The van der Waals surface area contributed by atoms with Gasteiger partial charge >= 0.3 is 0 Å². The monoisotopic (exact) mass is 198 g/mol. The first-order valence-corrected chi connectivity index (χ1v) is 5.85. The average Bonchev–Trinajstić information content (AvgIpc) is 2.20. The standard InChI is InChI=1S/C11H22N2O/c1-2-3-4-5-8-12-10-7-6-9-13-11(10)14/h10,12H,2-9H2,1H3,(H,13,14). The molecule has 1 amide bonds. The van der Waals surface area contributed by atoms with Gasteiger partial charge in [0.25, 0.3) is 0 Å². The maximum absolute atomic E-state index is 11.3. The van der Waals surface area contributed by atoms with Crippen molar-refractivity contribution in [2.45, 2.75) is 51.5 Å². The molecule has 1 rings (SSSR count). The Morgan fingerprint density at radius 3 is 3.00 bits per heavy atom. The van der Waals surface area contributed by atoms with Crippen LogP contribution in [0.5, 0.6) is 0 Å². The first-order valence-electron chi connectivity index (χ1n) is 5.85. The normalized spacial score (nSPS) is 22.1. The number of hydrogen-bond donors (Lipinski definition) is 2. The topological polar surface area (TPSA) is 41.1 Å². The predicted molar refractivity (Wildman–Crippen MR) is 58.2 cm³/mol. The molecular weight excluding hydrogens is 176 g/mol. The minimum absolute atomic E-state index is 0.0744. The number of carbonyl (C=O) groups is 1. The fraction of sp³-hybridized carbons (Fsp3) is 0.909. The number of unbranched alkanes of at least 4 members (excludes halogenated alkanes) is 3. The van der Waals surface area contributed by atoms with Gasteiger partial charge in [-0.2, -0.15) is 0 Å². The summed E-state index contributed by atoms with van der Waals surface area (Å²) in [5, 5.41) is 6.20. The highest BCUT2D eigenvalue weighted by atomic mass is 16.2. The van der Waals surface area contributed by atoms with E-state index >= 15 is 0 Å². The van der Waals surface area contributed by atoms with Gasteiger partial charge in [-0.3, -0.25) is 4.79 Å². The molecule has 0 radical (unpaired) electrons. The van der Waals surface area contributed by atoms with Crippen LogP contribution in [0.2, 0.25) is 0 Å². The first kappa shape index (κ1) is 11.5. The summed E-state index contributed by atoms with van der Waals surface area (Å²) in [5.74, 6) is 0.187. The molecule has 1 aliphatic rings. The van der Waals surface area contributed by atoms with Crippen LogP contribution in [0.15, 0.2) is 0 Å². The molecule has 82 valence electrons. The van der Waals surface area contributed by atoms with E-state index < -0.39 is 0 Å². The Hall–Kier alpha value is -0.570. The number of nitrogens with one attached hydrogen (secondary N) is 2. The molecule has 14 heavy (non-hydrogen) atoms. The lowest BCUT2D eigenvalue weighted by atomic mass is 10.1. The minimum atomic E-state index is 0.0744. The van der Waals surface area contributed by atoms with Crippen LogP contribution >= 0.6 is 0 Å². The largest absolute Gasteiger partial charge is 0.355 e. The SMILES string of the molecule is CCCCCCNC1CCCNC1=O. The third kappa shape index (κ3) is 4.09. The second-order valence-electron chi connectivity index (χ2n) is 4.00. The first-order chi connectivity index (χ1) is 6.84. The maximum Gasteiger partial charge on any atom is 0.237 e. The van der Waals surface area contributed by atoms with E-state index in [0.717, 1.165) is 25.9 Å². The van der Waals surface area contributed by atoms with Gasteiger partial charge in [0.2, 0.25) is 5.91 Å². The molecule has 1 fully saturated rings. The van der Waals surface area contributed by atoms with Crippen LogP contribution in [0.3, 0.4) is 0 Å². The summed E-state index contributed by atoms with van der Waals surface area (Å²) >= 11 is 0. The van der Waals surface area contributed by atoms with E-state index in [1.165, 1.54) is 25.7 Å². The van der Waals surface area contributed by atoms with Crippen LogP contribution in [0.1, 0.15) is 45.4 Å². The molecule has 1 atom stereocenters. The quantitative estimate of drug-likeness (QED) is 0.634. The highest BCUT2D eigenvalue weighted by Crippen LogP contribution is 2.03. The second-order valence-corrected chi connectivity index (χ2v) is 4.00. The minimum Gasteiger partial charge on any atom is -0.355 e. The van der Waals surface area contributed by atoms with E-state index in [2.05, 4.69) is 17.6 Å². The van der Waals surface area contributed by atoms with E-state index in [1.54, 1.807) is 0 Å². The maximum atomic E-state index is 11.3. The Balaban J connectivity index is 2.02. The molecule has 1 aliphatic heterocycles. The Bertz CT molecular complexity index is 171. The summed E-state index contributed by atoms with van der Waals surface area (Å²) in [6.45, 7) is 4.05. The Kier molecular flexibility index (Phi) is 5.60. The van der Waals surface area contributed by atoms with E-state index in [0.29, 0.717) is 0 Å². The van der Waals surface area contributed by atoms with Gasteiger partial charge in [-0.15, -0.1) is 0 Å². The molecule has 0 bridgehead atoms. The lowest BCUT2D eigenvalue weighted by molar-refractivity contribution is -0.124. The van der Waals surface area contributed by atoms with Gasteiger partial charge in [-0.05, 0) is 25.8 Å². The number of carbonyl (C=O) groups excluding carboxylic acids is 1. The van der Waals surface area contributed by atoms with E-state index in [4.69, 9.17) is 0 Å². The molecular formula is C11H22N2O. The van der Waals surface area contributed by atoms with Gasteiger partial charge in [-0.1, -0.05) is 26.2 Å². The molecule has 3 nitrogen and oxygen atoms in total. The molecule has 1 unspecified atom stereocenters. The summed E-state index contributed by atoms with van der Waals surface area (Å²) < 4.78 is 0. The lowest BCUT2D eigenvalue weighted by Gasteiger charge is -2.22. The molecule has 0 aromatic rings. The predicted octanol–water partition coefficient (Wildman–Crippen LogP) is 1.43. The van der Waals surface area contributed by atoms with Crippen molar-refractivity contribution in [3.8, 4) is 0 Å². The number of piperidine rings is 1. The zero-order valence-corrected chi connectivity index (χ0v) is 9.14. The van der Waals surface area contributed by atoms with Crippen LogP contribution in [0, 0.1) is 0 Å². The third-order valence-corrected chi connectivity index (χ3v) is 2.71. The van der Waals surface area contributed by atoms with Crippen molar-refractivity contribution in [2.75, 3.05) is 13.1 Å². The van der Waals surface area contributed by atoms with Gasteiger partial charge in [0, 0.05) is 6.54 Å². The van der Waals surface area contributed by atoms with Gasteiger partial charge in [-0.25, -0.2) is 0 Å². The third-order valence-electron chi connectivity index (χ3n) is 2.71. The average molecular weight is 198 g/mol. The van der Waals surface area contributed by atoms with Gasteiger partial charge in [0.15, 0.2) is 0 Å². The summed E-state index contributed by atoms with van der Waals surface area (Å²) in [7, 11) is 0. The Morgan fingerprint density at radius 1 is 1.43 bits per heavy atom. The lowest BCUT2D eigenvalue weighted by Crippen LogP contribution is -2.48. The number of hydrogen-bond acceptors (Lipinski definition) is 2. The van der Waals surface area contributed by atoms with Crippen molar-refractivity contribution >= 4 is 5.91 Å². The number of rotatable bonds is 6. The van der Waals surface area contributed by atoms with Crippen molar-refractivity contribution in [1.29, 1.82) is 0 Å².